The van der Waals surface area contributed by atoms with Crippen LogP contribution < -0.4 is 10.6 Å². The minimum absolute atomic E-state index is 0.0231. The molecule has 0 aliphatic carbocycles. The van der Waals surface area contributed by atoms with E-state index in [1.807, 2.05) is 6.92 Å². The van der Waals surface area contributed by atoms with Crippen LogP contribution in [-0.4, -0.2) is 48.8 Å². The van der Waals surface area contributed by atoms with E-state index >= 15 is 0 Å². The Bertz CT molecular complexity index is 270. The Morgan fingerprint density at radius 1 is 1.47 bits per heavy atom. The highest BCUT2D eigenvalue weighted by Crippen LogP contribution is 2.08. The maximum absolute atomic E-state index is 11.5. The summed E-state index contributed by atoms with van der Waals surface area (Å²) in [5, 5.41) is 14.4. The van der Waals surface area contributed by atoms with E-state index in [2.05, 4.69) is 10.6 Å². The maximum atomic E-state index is 11.5. The van der Waals surface area contributed by atoms with E-state index in [4.69, 9.17) is 9.84 Å². The number of carbonyl (C=O) groups excluding carboxylic acids is 1. The number of ether oxygens (including phenoxy) is 1. The van der Waals surface area contributed by atoms with Crippen molar-refractivity contribution in [2.75, 3.05) is 20.3 Å². The Morgan fingerprint density at radius 2 is 2.06 bits per heavy atom. The molecule has 0 saturated carbocycles. The zero-order chi connectivity index (χ0) is 13.5. The molecule has 0 aromatic heterocycles. The standard InChI is InChI=1S/C11H22N2O4/c1-5-11(3,10(15)16)12-6-9(14)13-8(2)7-17-4/h8,12H,5-7H2,1-4H3,(H,13,14)(H,15,16). The summed E-state index contributed by atoms with van der Waals surface area (Å²) >= 11 is 0. The van der Waals surface area contributed by atoms with Gasteiger partial charge in [0.1, 0.15) is 5.54 Å². The Morgan fingerprint density at radius 3 is 2.47 bits per heavy atom. The summed E-state index contributed by atoms with van der Waals surface area (Å²) in [6.07, 6.45) is 0.406. The third-order valence-corrected chi connectivity index (χ3v) is 2.64. The second-order valence-electron chi connectivity index (χ2n) is 4.27. The predicted octanol–water partition coefficient (Wildman–Crippen LogP) is -0.0196. The lowest BCUT2D eigenvalue weighted by molar-refractivity contribution is -0.144. The Labute approximate surface area is 102 Å². The van der Waals surface area contributed by atoms with Gasteiger partial charge in [0.2, 0.25) is 5.91 Å². The number of aliphatic carboxylic acids is 1. The average Bonchev–Trinajstić information content (AvgIpc) is 2.25. The molecule has 0 aromatic rings. The van der Waals surface area contributed by atoms with Gasteiger partial charge < -0.3 is 15.2 Å². The summed E-state index contributed by atoms with van der Waals surface area (Å²) in [4.78, 5) is 22.5. The van der Waals surface area contributed by atoms with Crippen molar-refractivity contribution in [2.45, 2.75) is 38.8 Å². The topological polar surface area (TPSA) is 87.7 Å². The van der Waals surface area contributed by atoms with Crippen LogP contribution in [0.5, 0.6) is 0 Å². The van der Waals surface area contributed by atoms with Gasteiger partial charge in [0.25, 0.3) is 0 Å². The van der Waals surface area contributed by atoms with Gasteiger partial charge >= 0.3 is 5.97 Å². The minimum atomic E-state index is -1.07. The van der Waals surface area contributed by atoms with Gasteiger partial charge in [0.15, 0.2) is 0 Å². The molecule has 6 nitrogen and oxygen atoms in total. The fourth-order valence-electron chi connectivity index (χ4n) is 1.24. The van der Waals surface area contributed by atoms with Crippen LogP contribution in [0.3, 0.4) is 0 Å². The van der Waals surface area contributed by atoms with Gasteiger partial charge in [0, 0.05) is 13.2 Å². The number of carbonyl (C=O) groups is 2. The number of carboxylic acid groups (broad SMARTS) is 1. The van der Waals surface area contributed by atoms with Gasteiger partial charge in [-0.15, -0.1) is 0 Å². The van der Waals surface area contributed by atoms with E-state index in [0.29, 0.717) is 13.0 Å². The Balaban J connectivity index is 4.10. The summed E-state index contributed by atoms with van der Waals surface area (Å²) in [5.41, 5.74) is -1.07. The van der Waals surface area contributed by atoms with Crippen LogP contribution in [0.1, 0.15) is 27.2 Å². The lowest BCUT2D eigenvalue weighted by atomic mass is 9.99. The molecule has 0 aromatic carbocycles. The molecular formula is C11H22N2O4. The highest BCUT2D eigenvalue weighted by atomic mass is 16.5. The van der Waals surface area contributed by atoms with Gasteiger partial charge in [-0.2, -0.15) is 0 Å². The smallest absolute Gasteiger partial charge is 0.323 e. The lowest BCUT2D eigenvalue weighted by Gasteiger charge is -2.24. The largest absolute Gasteiger partial charge is 0.480 e. The van der Waals surface area contributed by atoms with E-state index in [1.165, 1.54) is 0 Å². The van der Waals surface area contributed by atoms with Crippen LogP contribution in [0, 0.1) is 0 Å². The van der Waals surface area contributed by atoms with E-state index < -0.39 is 11.5 Å². The van der Waals surface area contributed by atoms with E-state index in [0.717, 1.165) is 0 Å². The zero-order valence-electron chi connectivity index (χ0n) is 10.9. The van der Waals surface area contributed by atoms with Crippen molar-refractivity contribution in [1.82, 2.24) is 10.6 Å². The molecule has 0 radical (unpaired) electrons. The quantitative estimate of drug-likeness (QED) is 0.560. The summed E-state index contributed by atoms with van der Waals surface area (Å²) < 4.78 is 4.88. The molecule has 0 bridgehead atoms. The Hall–Kier alpha value is -1.14. The van der Waals surface area contributed by atoms with Gasteiger partial charge in [0.05, 0.1) is 13.2 Å². The lowest BCUT2D eigenvalue weighted by Crippen LogP contribution is -2.53. The van der Waals surface area contributed by atoms with Crippen molar-refractivity contribution in [3.8, 4) is 0 Å². The molecule has 3 N–H and O–H groups in total. The molecule has 6 heteroatoms. The van der Waals surface area contributed by atoms with Gasteiger partial charge in [-0.1, -0.05) is 6.92 Å². The number of rotatable bonds is 8. The SMILES string of the molecule is CCC(C)(NCC(=O)NC(C)COC)C(=O)O. The van der Waals surface area contributed by atoms with Gasteiger partial charge in [-0.25, -0.2) is 0 Å². The summed E-state index contributed by atoms with van der Waals surface area (Å²) in [6, 6.07) is -0.0907. The molecule has 0 aliphatic rings. The molecule has 0 aliphatic heterocycles. The first kappa shape index (κ1) is 15.9. The number of nitrogens with one attached hydrogen (secondary N) is 2. The molecule has 2 atom stereocenters. The first-order valence-electron chi connectivity index (χ1n) is 5.62. The van der Waals surface area contributed by atoms with Crippen molar-refractivity contribution in [3.63, 3.8) is 0 Å². The fraction of sp³-hybridized carbons (Fsp3) is 0.818. The summed E-state index contributed by atoms with van der Waals surface area (Å²) in [7, 11) is 1.56. The van der Waals surface area contributed by atoms with Crippen molar-refractivity contribution < 1.29 is 19.4 Å². The molecular weight excluding hydrogens is 224 g/mol. The van der Waals surface area contributed by atoms with Crippen LogP contribution in [0.15, 0.2) is 0 Å². The zero-order valence-corrected chi connectivity index (χ0v) is 10.9. The molecule has 2 unspecified atom stereocenters. The average molecular weight is 246 g/mol. The maximum Gasteiger partial charge on any atom is 0.323 e. The molecule has 100 valence electrons. The number of amides is 1. The molecule has 0 fully saturated rings. The number of hydrogen-bond donors (Lipinski definition) is 3. The molecule has 0 rings (SSSR count). The predicted molar refractivity (Wildman–Crippen MR) is 63.8 cm³/mol. The number of carboxylic acids is 1. The highest BCUT2D eigenvalue weighted by molar-refractivity contribution is 5.82. The van der Waals surface area contributed by atoms with Gasteiger partial charge in [-0.05, 0) is 20.3 Å². The first-order chi connectivity index (χ1) is 7.85. The molecule has 1 amide bonds. The summed E-state index contributed by atoms with van der Waals surface area (Å²) in [5.74, 6) is -1.20. The molecule has 0 spiro atoms. The highest BCUT2D eigenvalue weighted by Gasteiger charge is 2.30. The van der Waals surface area contributed by atoms with E-state index in [1.54, 1.807) is 21.0 Å². The first-order valence-corrected chi connectivity index (χ1v) is 5.62. The normalized spacial score (nSPS) is 16.0. The monoisotopic (exact) mass is 246 g/mol. The van der Waals surface area contributed by atoms with E-state index in [-0.39, 0.29) is 18.5 Å². The van der Waals surface area contributed by atoms with Crippen molar-refractivity contribution >= 4 is 11.9 Å². The van der Waals surface area contributed by atoms with Crippen molar-refractivity contribution in [2.24, 2.45) is 0 Å². The van der Waals surface area contributed by atoms with Gasteiger partial charge in [-0.3, -0.25) is 14.9 Å². The minimum Gasteiger partial charge on any atom is -0.480 e. The van der Waals surface area contributed by atoms with Crippen LogP contribution in [-0.2, 0) is 14.3 Å². The number of methoxy groups -OCH3 is 1. The number of hydrogen-bond acceptors (Lipinski definition) is 4. The molecule has 0 saturated heterocycles. The van der Waals surface area contributed by atoms with Crippen LogP contribution in [0.4, 0.5) is 0 Å². The van der Waals surface area contributed by atoms with E-state index in [9.17, 15) is 9.59 Å². The second kappa shape index (κ2) is 7.24. The molecule has 17 heavy (non-hydrogen) atoms. The van der Waals surface area contributed by atoms with Crippen LogP contribution in [0.2, 0.25) is 0 Å². The van der Waals surface area contributed by atoms with Crippen LogP contribution >= 0.6 is 0 Å². The third-order valence-electron chi connectivity index (χ3n) is 2.64. The van der Waals surface area contributed by atoms with Crippen molar-refractivity contribution in [1.29, 1.82) is 0 Å². The fourth-order valence-corrected chi connectivity index (χ4v) is 1.24. The summed E-state index contributed by atoms with van der Waals surface area (Å²) in [6.45, 7) is 5.53. The molecule has 0 heterocycles. The van der Waals surface area contributed by atoms with Crippen LogP contribution in [0.25, 0.3) is 0 Å². The Kier molecular flexibility index (Phi) is 6.75. The van der Waals surface area contributed by atoms with Crippen molar-refractivity contribution in [3.05, 3.63) is 0 Å². The second-order valence-corrected chi connectivity index (χ2v) is 4.27. The third kappa shape index (κ3) is 5.65.